The number of fused-ring (bicyclic) bond motifs is 1. The van der Waals surface area contributed by atoms with Crippen molar-refractivity contribution in [3.05, 3.63) is 69.2 Å². The normalized spacial score (nSPS) is 12.8. The highest BCUT2D eigenvalue weighted by molar-refractivity contribution is 5.52. The Kier molecular flexibility index (Phi) is 3.65. The van der Waals surface area contributed by atoms with Crippen LogP contribution in [-0.2, 0) is 19.4 Å². The number of aromatic nitrogens is 3. The van der Waals surface area contributed by atoms with Crippen molar-refractivity contribution in [2.24, 2.45) is 0 Å². The second kappa shape index (κ2) is 5.98. The summed E-state index contributed by atoms with van der Waals surface area (Å²) in [6, 6.07) is 7.73. The molecule has 4 rings (SSSR count). The van der Waals surface area contributed by atoms with E-state index in [0.717, 1.165) is 30.4 Å². The fraction of sp³-hybridized carbons (Fsp3) is 0.222. The van der Waals surface area contributed by atoms with Crippen LogP contribution in [0.5, 0.6) is 0 Å². The fourth-order valence-corrected chi connectivity index (χ4v) is 3.12. The highest BCUT2D eigenvalue weighted by Gasteiger charge is 2.20. The molecular weight excluding hydrogens is 323 g/mol. The SMILES string of the molecule is N#Cc1c2c(cn(Cc3nnc(-c4ccc(F)cc4)o3)c1=O)CCC2. The number of rotatable bonds is 3. The van der Waals surface area contributed by atoms with E-state index < -0.39 is 0 Å². The van der Waals surface area contributed by atoms with E-state index in [-0.39, 0.29) is 35.3 Å². The summed E-state index contributed by atoms with van der Waals surface area (Å²) < 4.78 is 20.0. The van der Waals surface area contributed by atoms with Crippen molar-refractivity contribution in [2.45, 2.75) is 25.8 Å². The Bertz CT molecular complexity index is 1040. The van der Waals surface area contributed by atoms with Gasteiger partial charge in [-0.2, -0.15) is 5.26 Å². The number of benzene rings is 1. The zero-order valence-corrected chi connectivity index (χ0v) is 13.2. The van der Waals surface area contributed by atoms with Crippen LogP contribution in [0.2, 0.25) is 0 Å². The van der Waals surface area contributed by atoms with Gasteiger partial charge in [0.05, 0.1) is 0 Å². The van der Waals surface area contributed by atoms with E-state index in [1.807, 2.05) is 6.07 Å². The van der Waals surface area contributed by atoms with Crippen LogP contribution in [-0.4, -0.2) is 14.8 Å². The second-order valence-corrected chi connectivity index (χ2v) is 5.91. The summed E-state index contributed by atoms with van der Waals surface area (Å²) in [5.41, 5.74) is 2.34. The van der Waals surface area contributed by atoms with E-state index in [4.69, 9.17) is 4.42 Å². The van der Waals surface area contributed by atoms with Crippen molar-refractivity contribution < 1.29 is 8.81 Å². The lowest BCUT2D eigenvalue weighted by molar-refractivity contribution is 0.483. The number of halogens is 1. The molecule has 1 aromatic carbocycles. The first-order chi connectivity index (χ1) is 12.2. The number of pyridine rings is 1. The van der Waals surface area contributed by atoms with Crippen LogP contribution in [0.15, 0.2) is 39.7 Å². The highest BCUT2D eigenvalue weighted by atomic mass is 19.1. The first-order valence-corrected chi connectivity index (χ1v) is 7.89. The molecule has 1 aliphatic carbocycles. The standard InChI is InChI=1S/C18H13FN4O2/c19-13-6-4-11(5-7-13)17-22-21-16(25-17)10-23-9-12-2-1-3-14(12)15(8-20)18(23)24/h4-7,9H,1-3,10H2. The average Bonchev–Trinajstić information content (AvgIpc) is 3.26. The lowest BCUT2D eigenvalue weighted by Gasteiger charge is -2.07. The smallest absolute Gasteiger partial charge is 0.269 e. The molecule has 1 aliphatic rings. The van der Waals surface area contributed by atoms with E-state index in [2.05, 4.69) is 10.2 Å². The van der Waals surface area contributed by atoms with Gasteiger partial charge in [0.25, 0.3) is 5.56 Å². The topological polar surface area (TPSA) is 84.7 Å². The zero-order valence-electron chi connectivity index (χ0n) is 13.2. The first kappa shape index (κ1) is 15.3. The minimum absolute atomic E-state index is 0.0923. The predicted octanol–water partition coefficient (Wildman–Crippen LogP) is 2.45. The quantitative estimate of drug-likeness (QED) is 0.733. The summed E-state index contributed by atoms with van der Waals surface area (Å²) in [6.45, 7) is 0.0923. The van der Waals surface area contributed by atoms with Crippen LogP contribution in [0.4, 0.5) is 4.39 Å². The molecule has 0 bridgehead atoms. The maximum absolute atomic E-state index is 13.0. The number of hydrogen-bond acceptors (Lipinski definition) is 5. The zero-order chi connectivity index (χ0) is 17.4. The van der Waals surface area contributed by atoms with Crippen molar-refractivity contribution in [3.63, 3.8) is 0 Å². The van der Waals surface area contributed by atoms with Gasteiger partial charge >= 0.3 is 0 Å². The van der Waals surface area contributed by atoms with Gasteiger partial charge in [0.15, 0.2) is 0 Å². The summed E-state index contributed by atoms with van der Waals surface area (Å²) in [6.07, 6.45) is 4.34. The Labute approximate surface area is 142 Å². The third-order valence-electron chi connectivity index (χ3n) is 4.32. The van der Waals surface area contributed by atoms with Crippen molar-refractivity contribution in [1.29, 1.82) is 5.26 Å². The van der Waals surface area contributed by atoms with Gasteiger partial charge in [0, 0.05) is 11.8 Å². The van der Waals surface area contributed by atoms with Gasteiger partial charge in [0.2, 0.25) is 11.8 Å². The average molecular weight is 336 g/mol. The molecule has 0 unspecified atom stereocenters. The Hall–Kier alpha value is -3.27. The van der Waals surface area contributed by atoms with Crippen LogP contribution >= 0.6 is 0 Å². The van der Waals surface area contributed by atoms with Crippen molar-refractivity contribution in [1.82, 2.24) is 14.8 Å². The van der Waals surface area contributed by atoms with Gasteiger partial charge in [-0.05, 0) is 54.7 Å². The molecule has 0 aliphatic heterocycles. The second-order valence-electron chi connectivity index (χ2n) is 5.91. The molecule has 25 heavy (non-hydrogen) atoms. The Morgan fingerprint density at radius 3 is 2.80 bits per heavy atom. The highest BCUT2D eigenvalue weighted by Crippen LogP contribution is 2.23. The largest absolute Gasteiger partial charge is 0.419 e. The minimum atomic E-state index is -0.350. The molecule has 2 aromatic heterocycles. The molecule has 0 radical (unpaired) electrons. The van der Waals surface area contributed by atoms with Gasteiger partial charge in [-0.1, -0.05) is 0 Å². The summed E-state index contributed by atoms with van der Waals surface area (Å²) >= 11 is 0. The molecule has 0 atom stereocenters. The van der Waals surface area contributed by atoms with Crippen LogP contribution in [0.25, 0.3) is 11.5 Å². The van der Waals surface area contributed by atoms with Gasteiger partial charge in [-0.15, -0.1) is 10.2 Å². The minimum Gasteiger partial charge on any atom is -0.419 e. The van der Waals surface area contributed by atoms with Gasteiger partial charge in [-0.3, -0.25) is 4.79 Å². The van der Waals surface area contributed by atoms with E-state index in [0.29, 0.717) is 5.56 Å². The molecule has 0 amide bonds. The molecule has 3 aromatic rings. The Morgan fingerprint density at radius 1 is 1.24 bits per heavy atom. The molecule has 0 saturated heterocycles. The van der Waals surface area contributed by atoms with Crippen molar-refractivity contribution >= 4 is 0 Å². The molecule has 0 N–H and O–H groups in total. The molecule has 2 heterocycles. The maximum Gasteiger partial charge on any atom is 0.269 e. The van der Waals surface area contributed by atoms with Crippen LogP contribution < -0.4 is 5.56 Å². The molecular formula is C18H13FN4O2. The lowest BCUT2D eigenvalue weighted by Crippen LogP contribution is -2.25. The van der Waals surface area contributed by atoms with Gasteiger partial charge < -0.3 is 8.98 Å². The molecule has 0 fully saturated rings. The van der Waals surface area contributed by atoms with E-state index >= 15 is 0 Å². The van der Waals surface area contributed by atoms with Crippen LogP contribution in [0, 0.1) is 17.1 Å². The van der Waals surface area contributed by atoms with E-state index in [1.165, 1.54) is 16.7 Å². The van der Waals surface area contributed by atoms with E-state index in [1.54, 1.807) is 18.3 Å². The molecule has 7 heteroatoms. The number of aryl methyl sites for hydroxylation is 1. The van der Waals surface area contributed by atoms with Crippen molar-refractivity contribution in [2.75, 3.05) is 0 Å². The third-order valence-corrected chi connectivity index (χ3v) is 4.32. The number of nitrogens with zero attached hydrogens (tertiary/aromatic N) is 4. The Morgan fingerprint density at radius 2 is 2.04 bits per heavy atom. The van der Waals surface area contributed by atoms with Crippen molar-refractivity contribution in [3.8, 4) is 17.5 Å². The predicted molar refractivity (Wildman–Crippen MR) is 86.2 cm³/mol. The summed E-state index contributed by atoms with van der Waals surface area (Å²) in [5.74, 6) is 0.158. The lowest BCUT2D eigenvalue weighted by atomic mass is 10.1. The monoisotopic (exact) mass is 336 g/mol. The van der Waals surface area contributed by atoms with E-state index in [9.17, 15) is 14.4 Å². The summed E-state index contributed by atoms with van der Waals surface area (Å²) in [5, 5.41) is 17.2. The Balaban J connectivity index is 1.67. The number of hydrogen-bond donors (Lipinski definition) is 0. The van der Waals surface area contributed by atoms with Gasteiger partial charge in [-0.25, -0.2) is 4.39 Å². The summed E-state index contributed by atoms with van der Waals surface area (Å²) in [4.78, 5) is 12.5. The number of nitriles is 1. The molecule has 6 nitrogen and oxygen atoms in total. The third kappa shape index (κ3) is 2.72. The van der Waals surface area contributed by atoms with Crippen LogP contribution in [0.1, 0.15) is 29.0 Å². The summed E-state index contributed by atoms with van der Waals surface area (Å²) in [7, 11) is 0. The van der Waals surface area contributed by atoms with Gasteiger partial charge in [0.1, 0.15) is 24.0 Å². The maximum atomic E-state index is 13.0. The van der Waals surface area contributed by atoms with Crippen LogP contribution in [0.3, 0.4) is 0 Å². The first-order valence-electron chi connectivity index (χ1n) is 7.89. The molecule has 0 saturated carbocycles. The fourth-order valence-electron chi connectivity index (χ4n) is 3.12. The molecule has 0 spiro atoms. The molecule has 124 valence electrons.